The van der Waals surface area contributed by atoms with Crippen LogP contribution < -0.4 is 0 Å². The predicted octanol–water partition coefficient (Wildman–Crippen LogP) is 3.26. The van der Waals surface area contributed by atoms with E-state index >= 15 is 0 Å². The van der Waals surface area contributed by atoms with E-state index < -0.39 is 11.2 Å². The largest absolute Gasteiger partial charge is 0.617 e. The van der Waals surface area contributed by atoms with Crippen molar-refractivity contribution in [3.8, 4) is 0 Å². The van der Waals surface area contributed by atoms with Crippen molar-refractivity contribution >= 4 is 11.2 Å². The lowest BCUT2D eigenvalue weighted by Crippen LogP contribution is -2.02. The lowest BCUT2D eigenvalue weighted by Gasteiger charge is -2.04. The van der Waals surface area contributed by atoms with E-state index in [2.05, 4.69) is 0 Å². The van der Waals surface area contributed by atoms with E-state index in [-0.39, 0.29) is 0 Å². The summed E-state index contributed by atoms with van der Waals surface area (Å²) < 4.78 is 10.8. The molecule has 0 saturated heterocycles. The molecule has 0 radical (unpaired) electrons. The fourth-order valence-corrected chi connectivity index (χ4v) is 2.44. The molecule has 0 heterocycles. The molecule has 16 heavy (non-hydrogen) atoms. The number of unbranched alkanes of at least 4 members (excludes halogenated alkanes) is 9. The Hall–Kier alpha value is 0.270. The molecule has 0 aromatic rings. The van der Waals surface area contributed by atoms with Gasteiger partial charge in [-0.05, 0) is 19.3 Å². The van der Waals surface area contributed by atoms with Crippen LogP contribution in [-0.2, 0) is 11.2 Å². The minimum absolute atomic E-state index is 0.346. The van der Waals surface area contributed by atoms with Gasteiger partial charge in [0.25, 0.3) is 0 Å². The van der Waals surface area contributed by atoms with Crippen LogP contribution in [0.4, 0.5) is 0 Å². The zero-order chi connectivity index (χ0) is 12.1. The van der Waals surface area contributed by atoms with Crippen molar-refractivity contribution in [2.45, 2.75) is 64.2 Å². The minimum Gasteiger partial charge on any atom is -0.617 e. The molecule has 0 bridgehead atoms. The van der Waals surface area contributed by atoms with Crippen LogP contribution in [0.1, 0.15) is 64.2 Å². The summed E-state index contributed by atoms with van der Waals surface area (Å²) in [5.41, 5.74) is 0. The number of rotatable bonds is 12. The Kier molecular flexibility index (Phi) is 13.6. The first-order chi connectivity index (χ1) is 7.77. The van der Waals surface area contributed by atoms with E-state index in [1.165, 1.54) is 51.4 Å². The molecule has 0 aromatic carbocycles. The van der Waals surface area contributed by atoms with Gasteiger partial charge < -0.3 is 9.66 Å². The zero-order valence-electron chi connectivity index (χ0n) is 10.7. The highest BCUT2D eigenvalue weighted by molar-refractivity contribution is 7.90. The van der Waals surface area contributed by atoms with Crippen LogP contribution >= 0.6 is 0 Å². The van der Waals surface area contributed by atoms with Gasteiger partial charge in [0.1, 0.15) is 5.75 Å². The monoisotopic (exact) mass is 248 g/mol. The van der Waals surface area contributed by atoms with Crippen molar-refractivity contribution in [2.75, 3.05) is 18.6 Å². The molecule has 0 aliphatic rings. The SMILES string of the molecule is C[S+]([O-])CCCCCCCCCCCCO. The summed E-state index contributed by atoms with van der Waals surface area (Å²) in [5.74, 6) is 0.876. The molecule has 98 valence electrons. The van der Waals surface area contributed by atoms with Crippen LogP contribution in [0.15, 0.2) is 0 Å². The Labute approximate surface area is 104 Å². The van der Waals surface area contributed by atoms with Gasteiger partial charge in [-0.15, -0.1) is 0 Å². The summed E-state index contributed by atoms with van der Waals surface area (Å²) in [6, 6.07) is 0. The molecular weight excluding hydrogens is 220 g/mol. The first-order valence-corrected chi connectivity index (χ1v) is 8.41. The maximum atomic E-state index is 10.8. The highest BCUT2D eigenvalue weighted by Gasteiger charge is 1.97. The Bertz CT molecular complexity index is 129. The number of aliphatic hydroxyl groups excluding tert-OH is 1. The quantitative estimate of drug-likeness (QED) is 0.425. The number of hydrogen-bond acceptors (Lipinski definition) is 2. The average molecular weight is 248 g/mol. The van der Waals surface area contributed by atoms with Crippen LogP contribution in [0.3, 0.4) is 0 Å². The molecule has 2 nitrogen and oxygen atoms in total. The van der Waals surface area contributed by atoms with E-state index in [0.29, 0.717) is 6.61 Å². The lowest BCUT2D eigenvalue weighted by molar-refractivity contribution is 0.282. The summed E-state index contributed by atoms with van der Waals surface area (Å²) >= 11 is -0.600. The summed E-state index contributed by atoms with van der Waals surface area (Å²) in [7, 11) is 0. The minimum atomic E-state index is -0.600. The van der Waals surface area contributed by atoms with Gasteiger partial charge in [0.15, 0.2) is 0 Å². The van der Waals surface area contributed by atoms with Crippen molar-refractivity contribution in [2.24, 2.45) is 0 Å². The summed E-state index contributed by atoms with van der Waals surface area (Å²) in [5, 5.41) is 8.61. The smallest absolute Gasteiger partial charge is 0.105 e. The van der Waals surface area contributed by atoms with E-state index in [1.807, 2.05) is 0 Å². The summed E-state index contributed by atoms with van der Waals surface area (Å²) in [6.45, 7) is 0.346. The topological polar surface area (TPSA) is 43.3 Å². The maximum Gasteiger partial charge on any atom is 0.105 e. The zero-order valence-corrected chi connectivity index (χ0v) is 11.6. The predicted molar refractivity (Wildman–Crippen MR) is 72.2 cm³/mol. The molecule has 1 unspecified atom stereocenters. The van der Waals surface area contributed by atoms with Gasteiger partial charge in [0, 0.05) is 6.61 Å². The lowest BCUT2D eigenvalue weighted by atomic mass is 10.1. The molecular formula is C13H28O2S. The standard InChI is InChI=1S/C13H28O2S/c1-16(15)13-11-9-7-5-3-2-4-6-8-10-12-14/h14H,2-13H2,1H3. The third-order valence-electron chi connectivity index (χ3n) is 2.84. The van der Waals surface area contributed by atoms with Crippen molar-refractivity contribution in [3.63, 3.8) is 0 Å². The molecule has 0 amide bonds. The second-order valence-electron chi connectivity index (χ2n) is 4.54. The van der Waals surface area contributed by atoms with Gasteiger partial charge in [-0.2, -0.15) is 0 Å². The van der Waals surface area contributed by atoms with Crippen molar-refractivity contribution in [3.05, 3.63) is 0 Å². The average Bonchev–Trinajstić information content (AvgIpc) is 2.25. The fourth-order valence-electron chi connectivity index (χ4n) is 1.83. The van der Waals surface area contributed by atoms with Crippen LogP contribution in [0.5, 0.6) is 0 Å². The van der Waals surface area contributed by atoms with Crippen molar-refractivity contribution in [1.29, 1.82) is 0 Å². The molecule has 3 heteroatoms. The normalized spacial score (nSPS) is 12.9. The van der Waals surface area contributed by atoms with Crippen LogP contribution in [0.25, 0.3) is 0 Å². The summed E-state index contributed by atoms with van der Waals surface area (Å²) in [6.07, 6.45) is 14.2. The molecule has 0 aliphatic heterocycles. The molecule has 0 saturated carbocycles. The van der Waals surface area contributed by atoms with Crippen molar-refractivity contribution < 1.29 is 9.66 Å². The Balaban J connectivity index is 2.88. The Morgan fingerprint density at radius 2 is 1.12 bits per heavy atom. The Morgan fingerprint density at radius 1 is 0.750 bits per heavy atom. The van der Waals surface area contributed by atoms with E-state index in [0.717, 1.165) is 18.6 Å². The number of hydrogen-bond donors (Lipinski definition) is 1. The van der Waals surface area contributed by atoms with E-state index in [9.17, 15) is 4.55 Å². The van der Waals surface area contributed by atoms with Crippen LogP contribution in [0.2, 0.25) is 0 Å². The third-order valence-corrected chi connectivity index (χ3v) is 3.70. The number of aliphatic hydroxyl groups is 1. The van der Waals surface area contributed by atoms with E-state index in [4.69, 9.17) is 5.11 Å². The maximum absolute atomic E-state index is 10.8. The fraction of sp³-hybridized carbons (Fsp3) is 1.00. The van der Waals surface area contributed by atoms with Crippen LogP contribution in [0, 0.1) is 0 Å². The second kappa shape index (κ2) is 13.3. The first kappa shape index (κ1) is 16.3. The van der Waals surface area contributed by atoms with Gasteiger partial charge in [-0.3, -0.25) is 0 Å². The molecule has 0 aromatic heterocycles. The molecule has 1 atom stereocenters. The molecule has 1 N–H and O–H groups in total. The first-order valence-electron chi connectivity index (χ1n) is 6.68. The van der Waals surface area contributed by atoms with Gasteiger partial charge in [-0.25, -0.2) is 0 Å². The molecule has 0 fully saturated rings. The van der Waals surface area contributed by atoms with E-state index in [1.54, 1.807) is 6.26 Å². The molecule has 0 spiro atoms. The highest BCUT2D eigenvalue weighted by Crippen LogP contribution is 2.10. The second-order valence-corrected chi connectivity index (χ2v) is 6.09. The van der Waals surface area contributed by atoms with Gasteiger partial charge in [0.05, 0.1) is 6.26 Å². The van der Waals surface area contributed by atoms with Gasteiger partial charge in [-0.1, -0.05) is 56.1 Å². The van der Waals surface area contributed by atoms with Crippen LogP contribution in [-0.4, -0.2) is 28.3 Å². The van der Waals surface area contributed by atoms with Crippen molar-refractivity contribution in [1.82, 2.24) is 0 Å². The molecule has 0 rings (SSSR count). The molecule has 0 aliphatic carbocycles. The third kappa shape index (κ3) is 14.3. The van der Waals surface area contributed by atoms with Gasteiger partial charge in [0.2, 0.25) is 0 Å². The van der Waals surface area contributed by atoms with Gasteiger partial charge >= 0.3 is 0 Å². The Morgan fingerprint density at radius 3 is 1.50 bits per heavy atom. The highest BCUT2D eigenvalue weighted by atomic mass is 32.2. The summed E-state index contributed by atoms with van der Waals surface area (Å²) in [4.78, 5) is 0.